The molecule has 1 amide bonds. The third kappa shape index (κ3) is 4.56. The lowest BCUT2D eigenvalue weighted by atomic mass is 9.76. The number of fused-ring (bicyclic) bond motifs is 1. The van der Waals surface area contributed by atoms with Crippen LogP contribution in [0.5, 0.6) is 0 Å². The fourth-order valence-corrected chi connectivity index (χ4v) is 7.02. The van der Waals surface area contributed by atoms with E-state index >= 15 is 0 Å². The topological polar surface area (TPSA) is 61.5 Å². The summed E-state index contributed by atoms with van der Waals surface area (Å²) in [6.07, 6.45) is 8.81. The van der Waals surface area contributed by atoms with Crippen molar-refractivity contribution in [3.8, 4) is 22.3 Å². The van der Waals surface area contributed by atoms with Crippen molar-refractivity contribution in [2.24, 2.45) is 5.92 Å². The van der Waals surface area contributed by atoms with Crippen molar-refractivity contribution >= 4 is 16.9 Å². The zero-order chi connectivity index (χ0) is 26.5. The summed E-state index contributed by atoms with van der Waals surface area (Å²) >= 11 is 0. The van der Waals surface area contributed by atoms with Crippen LogP contribution in [0, 0.1) is 5.92 Å². The van der Waals surface area contributed by atoms with Crippen molar-refractivity contribution in [2.45, 2.75) is 38.1 Å². The number of pyridine rings is 1. The molecule has 1 aliphatic carbocycles. The third-order valence-electron chi connectivity index (χ3n) is 8.94. The lowest BCUT2D eigenvalue weighted by molar-refractivity contribution is 0.0766. The van der Waals surface area contributed by atoms with Gasteiger partial charge < -0.3 is 19.5 Å². The van der Waals surface area contributed by atoms with E-state index in [2.05, 4.69) is 35.1 Å². The lowest BCUT2D eigenvalue weighted by Gasteiger charge is -2.37. The number of nitrogens with zero attached hydrogens (tertiary/aromatic N) is 3. The number of nitrogens with one attached hydrogen (secondary N) is 1. The fourth-order valence-electron chi connectivity index (χ4n) is 7.02. The van der Waals surface area contributed by atoms with Crippen LogP contribution in [0.3, 0.4) is 0 Å². The van der Waals surface area contributed by atoms with Crippen molar-refractivity contribution in [3.63, 3.8) is 0 Å². The maximum atomic E-state index is 13.0. The molecule has 2 atom stereocenters. The number of hydrogen-bond acceptors (Lipinski definition) is 4. The van der Waals surface area contributed by atoms with Gasteiger partial charge in [-0.2, -0.15) is 0 Å². The Morgan fingerprint density at radius 1 is 1.10 bits per heavy atom. The standard InChI is InChI=1S/C33H36N4O2/c1-36-18-25-5-3-4-24-12-26(13-28(19-36)31(24)25)27-14-29-30(16-35-32(29)34-15-27)22-6-8-23(9-7-22)33(38)37(2)17-21-10-11-39-20-21/h6-9,12-16,21,25H,3-5,10-11,17-20H2,1-2H3,(H,34,35)/t21-,25?/m0/s1. The van der Waals surface area contributed by atoms with Crippen molar-refractivity contribution in [3.05, 3.63) is 77.1 Å². The number of likely N-dealkylation sites (N-methyl/N-ethyl adjacent to an activating group) is 1. The maximum absolute atomic E-state index is 13.0. The molecule has 4 aromatic rings. The van der Waals surface area contributed by atoms with Gasteiger partial charge in [-0.25, -0.2) is 4.98 Å². The Balaban J connectivity index is 1.18. The van der Waals surface area contributed by atoms with Crippen LogP contribution < -0.4 is 0 Å². The number of ether oxygens (including phenoxy) is 1. The van der Waals surface area contributed by atoms with Crippen LogP contribution in [-0.2, 0) is 17.7 Å². The normalized spacial score (nSPS) is 20.8. The highest BCUT2D eigenvalue weighted by atomic mass is 16.5. The number of amides is 1. The summed E-state index contributed by atoms with van der Waals surface area (Å²) in [5.41, 5.74) is 10.8. The van der Waals surface area contributed by atoms with Crippen molar-refractivity contribution in [1.29, 1.82) is 0 Å². The second kappa shape index (κ2) is 9.92. The molecule has 2 aromatic heterocycles. The fraction of sp³-hybridized carbons (Fsp3) is 0.394. The van der Waals surface area contributed by atoms with Crippen LogP contribution in [0.15, 0.2) is 54.9 Å². The molecule has 4 heterocycles. The molecule has 1 fully saturated rings. The van der Waals surface area contributed by atoms with Gasteiger partial charge in [-0.15, -0.1) is 0 Å². The van der Waals surface area contributed by atoms with E-state index in [-0.39, 0.29) is 5.91 Å². The Hall–Kier alpha value is -3.48. The molecule has 0 spiro atoms. The maximum Gasteiger partial charge on any atom is 0.253 e. The molecule has 200 valence electrons. The van der Waals surface area contributed by atoms with Gasteiger partial charge in [0.25, 0.3) is 5.91 Å². The van der Waals surface area contributed by atoms with E-state index < -0.39 is 0 Å². The van der Waals surface area contributed by atoms with E-state index in [1.165, 1.54) is 42.5 Å². The predicted octanol–water partition coefficient (Wildman–Crippen LogP) is 5.87. The smallest absolute Gasteiger partial charge is 0.253 e. The quantitative estimate of drug-likeness (QED) is 0.358. The van der Waals surface area contributed by atoms with E-state index in [9.17, 15) is 4.79 Å². The van der Waals surface area contributed by atoms with E-state index in [4.69, 9.17) is 9.72 Å². The van der Waals surface area contributed by atoms with Gasteiger partial charge in [0.2, 0.25) is 0 Å². The Kier molecular flexibility index (Phi) is 6.25. The number of benzene rings is 2. The first-order valence-electron chi connectivity index (χ1n) is 14.3. The van der Waals surface area contributed by atoms with Crippen molar-refractivity contribution in [2.75, 3.05) is 40.4 Å². The number of carbonyl (C=O) groups is 1. The number of hydrogen-bond donors (Lipinski definition) is 1. The molecule has 0 saturated carbocycles. The van der Waals surface area contributed by atoms with Gasteiger partial charge in [0.1, 0.15) is 5.65 Å². The Labute approximate surface area is 230 Å². The van der Waals surface area contributed by atoms with Crippen LogP contribution in [0.25, 0.3) is 33.3 Å². The molecule has 3 aliphatic rings. The molecule has 1 saturated heterocycles. The molecule has 7 rings (SSSR count). The molecule has 1 N–H and O–H groups in total. The summed E-state index contributed by atoms with van der Waals surface area (Å²) in [6.45, 7) is 4.48. The SMILES string of the molecule is CN1Cc2cc(-c3cnc4[nH]cc(-c5ccc(C(=O)N(C)C[C@@H]6CCOC6)cc5)c4c3)cc3c2C(CCC3)C1. The van der Waals surface area contributed by atoms with Gasteiger partial charge >= 0.3 is 0 Å². The third-order valence-corrected chi connectivity index (χ3v) is 8.94. The molecular formula is C33H36N4O2. The van der Waals surface area contributed by atoms with Gasteiger partial charge in [0.15, 0.2) is 0 Å². The van der Waals surface area contributed by atoms with Gasteiger partial charge in [0.05, 0.1) is 6.61 Å². The predicted molar refractivity (Wildman–Crippen MR) is 155 cm³/mol. The zero-order valence-electron chi connectivity index (χ0n) is 22.9. The van der Waals surface area contributed by atoms with Crippen LogP contribution in [0.4, 0.5) is 0 Å². The summed E-state index contributed by atoms with van der Waals surface area (Å²) < 4.78 is 5.47. The number of aromatic nitrogens is 2. The van der Waals surface area contributed by atoms with Gasteiger partial charge in [-0.05, 0) is 90.7 Å². The number of H-pyrrole nitrogens is 1. The Morgan fingerprint density at radius 3 is 2.77 bits per heavy atom. The molecular weight excluding hydrogens is 484 g/mol. The average Bonchev–Trinajstić information content (AvgIpc) is 3.62. The summed E-state index contributed by atoms with van der Waals surface area (Å²) in [4.78, 5) is 25.4. The highest BCUT2D eigenvalue weighted by molar-refractivity contribution is 5.98. The van der Waals surface area contributed by atoms with Crippen molar-refractivity contribution in [1.82, 2.24) is 19.8 Å². The number of carbonyl (C=O) groups excluding carboxylic acids is 1. The number of rotatable bonds is 5. The second-order valence-corrected chi connectivity index (χ2v) is 11.8. The second-order valence-electron chi connectivity index (χ2n) is 11.8. The minimum Gasteiger partial charge on any atom is -0.381 e. The van der Waals surface area contributed by atoms with E-state index in [1.807, 2.05) is 48.6 Å². The molecule has 6 nitrogen and oxygen atoms in total. The van der Waals surface area contributed by atoms with Crippen LogP contribution in [0.1, 0.15) is 52.2 Å². The Morgan fingerprint density at radius 2 is 1.95 bits per heavy atom. The van der Waals surface area contributed by atoms with Crippen LogP contribution in [-0.4, -0.2) is 66.1 Å². The van der Waals surface area contributed by atoms with Crippen LogP contribution in [0.2, 0.25) is 0 Å². The summed E-state index contributed by atoms with van der Waals surface area (Å²) in [5, 5.41) is 1.10. The summed E-state index contributed by atoms with van der Waals surface area (Å²) in [6, 6.07) is 15.1. The lowest BCUT2D eigenvalue weighted by Crippen LogP contribution is -2.33. The van der Waals surface area contributed by atoms with Gasteiger partial charge in [-0.1, -0.05) is 18.2 Å². The van der Waals surface area contributed by atoms with Crippen LogP contribution >= 0.6 is 0 Å². The largest absolute Gasteiger partial charge is 0.381 e. The Bertz CT molecular complexity index is 1530. The first-order chi connectivity index (χ1) is 19.0. The monoisotopic (exact) mass is 520 g/mol. The van der Waals surface area contributed by atoms with Gasteiger partial charge in [-0.3, -0.25) is 4.79 Å². The summed E-state index contributed by atoms with van der Waals surface area (Å²) in [5.74, 6) is 1.17. The first-order valence-corrected chi connectivity index (χ1v) is 14.3. The molecule has 1 unspecified atom stereocenters. The molecule has 2 aromatic carbocycles. The number of aryl methyl sites for hydroxylation is 1. The van der Waals surface area contributed by atoms with E-state index in [1.54, 1.807) is 5.56 Å². The molecule has 0 bridgehead atoms. The van der Waals surface area contributed by atoms with E-state index in [0.717, 1.165) is 60.4 Å². The summed E-state index contributed by atoms with van der Waals surface area (Å²) in [7, 11) is 4.12. The highest BCUT2D eigenvalue weighted by Gasteiger charge is 2.29. The van der Waals surface area contributed by atoms with Gasteiger partial charge in [0, 0.05) is 73.7 Å². The van der Waals surface area contributed by atoms with Crippen molar-refractivity contribution < 1.29 is 9.53 Å². The average molecular weight is 521 g/mol. The first kappa shape index (κ1) is 24.6. The van der Waals surface area contributed by atoms with E-state index in [0.29, 0.717) is 17.4 Å². The molecule has 39 heavy (non-hydrogen) atoms. The molecule has 6 heteroatoms. The number of aromatic amines is 1. The molecule has 0 radical (unpaired) electrons. The highest BCUT2D eigenvalue weighted by Crippen LogP contribution is 2.41. The minimum atomic E-state index is 0.0561. The molecule has 2 aliphatic heterocycles. The zero-order valence-corrected chi connectivity index (χ0v) is 22.9. The minimum absolute atomic E-state index is 0.0561.